The van der Waals surface area contributed by atoms with E-state index >= 15 is 0 Å². The van der Waals surface area contributed by atoms with Gasteiger partial charge in [-0.15, -0.1) is 0 Å². The van der Waals surface area contributed by atoms with Crippen molar-refractivity contribution >= 4 is 0 Å². The monoisotopic (exact) mass is 210 g/mol. The summed E-state index contributed by atoms with van der Waals surface area (Å²) in [6.45, 7) is 4.58. The van der Waals surface area contributed by atoms with Crippen molar-refractivity contribution in [2.45, 2.75) is 34.9 Å². The molecule has 0 aliphatic heterocycles. The largest absolute Gasteiger partial charge is 0.870 e. The quantitative estimate of drug-likeness (QED) is 0.670. The molecule has 2 nitrogen and oxygen atoms in total. The minimum Gasteiger partial charge on any atom is -0.870 e. The topological polar surface area (TPSA) is 60.0 Å². The van der Waals surface area contributed by atoms with Gasteiger partial charge in [0.05, 0.1) is 0 Å². The zero-order valence-corrected chi connectivity index (χ0v) is 8.68. The van der Waals surface area contributed by atoms with E-state index in [0.717, 1.165) is 0 Å². The van der Waals surface area contributed by atoms with Crippen molar-refractivity contribution in [3.63, 3.8) is 0 Å². The van der Waals surface area contributed by atoms with Crippen LogP contribution in [0.15, 0.2) is 0 Å². The summed E-state index contributed by atoms with van der Waals surface area (Å²) in [5.74, 6) is 0. The molecule has 0 radical (unpaired) electrons. The zero-order chi connectivity index (χ0) is 5.54. The minimum atomic E-state index is 0. The Bertz CT molecular complexity index is 30.2. The van der Waals surface area contributed by atoms with Gasteiger partial charge >= 0.3 is 58.2 Å². The Labute approximate surface area is 69.2 Å². The Morgan fingerprint density at radius 2 is 1.22 bits per heavy atom. The Morgan fingerprint density at radius 1 is 0.889 bits per heavy atom. The molecule has 0 amide bonds. The molecular formula is C6H16O2Zr. The van der Waals surface area contributed by atoms with Gasteiger partial charge in [0, 0.05) is 0 Å². The smallest absolute Gasteiger partial charge is 0.870 e. The van der Waals surface area contributed by atoms with Crippen LogP contribution in [0, 0.1) is 0 Å². The fourth-order valence-corrected chi connectivity index (χ4v) is 2.83. The SMILES string of the molecule is CC[CH2][Zr+2][CH2]CC.[OH-].[OH-]. The van der Waals surface area contributed by atoms with Crippen molar-refractivity contribution in [2.24, 2.45) is 0 Å². The third-order valence-electron chi connectivity index (χ3n) is 0.854. The van der Waals surface area contributed by atoms with E-state index < -0.39 is 0 Å². The summed E-state index contributed by atoms with van der Waals surface area (Å²) in [7, 11) is 0. The molecule has 2 N–H and O–H groups in total. The molecule has 3 heteroatoms. The van der Waals surface area contributed by atoms with Crippen LogP contribution in [0.3, 0.4) is 0 Å². The molecule has 9 heavy (non-hydrogen) atoms. The second-order valence-corrected chi connectivity index (χ2v) is 5.44. The zero-order valence-electron chi connectivity index (χ0n) is 6.22. The van der Waals surface area contributed by atoms with Crippen molar-refractivity contribution in [3.8, 4) is 0 Å². The molecule has 0 saturated carbocycles. The molecule has 0 aromatic carbocycles. The second-order valence-electron chi connectivity index (χ2n) is 1.75. The number of hydrogen-bond donors (Lipinski definition) is 0. The first-order valence-electron chi connectivity index (χ1n) is 3.12. The van der Waals surface area contributed by atoms with E-state index in [0.29, 0.717) is 0 Å². The summed E-state index contributed by atoms with van der Waals surface area (Å²) < 4.78 is 3.19. The summed E-state index contributed by atoms with van der Waals surface area (Å²) >= 11 is 0.181. The fourth-order valence-electron chi connectivity index (χ4n) is 0.479. The van der Waals surface area contributed by atoms with Crippen molar-refractivity contribution in [1.29, 1.82) is 0 Å². The summed E-state index contributed by atoms with van der Waals surface area (Å²) in [5.41, 5.74) is 0. The second kappa shape index (κ2) is 15.9. The molecule has 0 unspecified atom stereocenters. The molecule has 0 aromatic rings. The van der Waals surface area contributed by atoms with E-state index in [-0.39, 0.29) is 34.2 Å². The van der Waals surface area contributed by atoms with Gasteiger partial charge in [-0.2, -0.15) is 0 Å². The van der Waals surface area contributed by atoms with Gasteiger partial charge in [0.15, 0.2) is 0 Å². The van der Waals surface area contributed by atoms with Crippen LogP contribution >= 0.6 is 0 Å². The molecule has 0 aliphatic carbocycles. The molecule has 0 atom stereocenters. The van der Waals surface area contributed by atoms with Crippen molar-refractivity contribution < 1.29 is 34.2 Å². The molecule has 0 fully saturated rings. The first-order chi connectivity index (χ1) is 3.41. The molecule has 0 aliphatic rings. The average molecular weight is 211 g/mol. The van der Waals surface area contributed by atoms with Crippen LogP contribution in [-0.2, 0) is 23.2 Å². The van der Waals surface area contributed by atoms with Crippen LogP contribution in [0.4, 0.5) is 0 Å². The molecule has 0 rings (SSSR count). The third-order valence-corrected chi connectivity index (χ3v) is 5.05. The fraction of sp³-hybridized carbons (Fsp3) is 1.00. The van der Waals surface area contributed by atoms with Crippen molar-refractivity contribution in [2.75, 3.05) is 0 Å². The first kappa shape index (κ1) is 16.4. The van der Waals surface area contributed by atoms with Gasteiger partial charge in [-0.1, -0.05) is 0 Å². The maximum absolute atomic E-state index is 2.29. The van der Waals surface area contributed by atoms with Gasteiger partial charge in [-0.25, -0.2) is 0 Å². The number of hydrogen-bond acceptors (Lipinski definition) is 2. The Kier molecular flexibility index (Phi) is 29.0. The molecule has 0 bridgehead atoms. The Hall–Kier alpha value is 0.803. The first-order valence-corrected chi connectivity index (χ1v) is 6.60. The van der Waals surface area contributed by atoms with Crippen LogP contribution in [0.2, 0.25) is 8.26 Å². The summed E-state index contributed by atoms with van der Waals surface area (Å²) in [6, 6.07) is 0. The molecule has 0 spiro atoms. The third kappa shape index (κ3) is 17.7. The molecule has 0 aromatic heterocycles. The summed E-state index contributed by atoms with van der Waals surface area (Å²) in [5, 5.41) is 0. The minimum absolute atomic E-state index is 0. The molecule has 0 heterocycles. The van der Waals surface area contributed by atoms with E-state index in [1.54, 1.807) is 8.26 Å². The molecular weight excluding hydrogens is 195 g/mol. The van der Waals surface area contributed by atoms with E-state index in [1.807, 2.05) is 0 Å². The van der Waals surface area contributed by atoms with E-state index in [1.165, 1.54) is 12.8 Å². The van der Waals surface area contributed by atoms with E-state index in [2.05, 4.69) is 13.8 Å². The Balaban J connectivity index is -0.000000180. The van der Waals surface area contributed by atoms with Gasteiger partial charge in [0.1, 0.15) is 0 Å². The average Bonchev–Trinajstić information content (AvgIpc) is 1.69. The van der Waals surface area contributed by atoms with Gasteiger partial charge in [-0.05, 0) is 0 Å². The predicted octanol–water partition coefficient (Wildman–Crippen LogP) is 2.37. The van der Waals surface area contributed by atoms with Crippen LogP contribution in [0.5, 0.6) is 0 Å². The van der Waals surface area contributed by atoms with Crippen LogP contribution < -0.4 is 0 Å². The van der Waals surface area contributed by atoms with Crippen LogP contribution in [0.25, 0.3) is 0 Å². The normalized spacial score (nSPS) is 6.44. The van der Waals surface area contributed by atoms with Crippen molar-refractivity contribution in [3.05, 3.63) is 0 Å². The van der Waals surface area contributed by atoms with Gasteiger partial charge in [-0.3, -0.25) is 0 Å². The maximum Gasteiger partial charge on any atom is -0.870 e. The maximum atomic E-state index is 2.29. The van der Waals surface area contributed by atoms with E-state index in [9.17, 15) is 0 Å². The van der Waals surface area contributed by atoms with Crippen LogP contribution in [0.1, 0.15) is 26.7 Å². The predicted molar refractivity (Wildman–Crippen MR) is 34.1 cm³/mol. The van der Waals surface area contributed by atoms with Gasteiger partial charge in [0.25, 0.3) is 0 Å². The summed E-state index contributed by atoms with van der Waals surface area (Å²) in [6.07, 6.45) is 2.87. The number of rotatable bonds is 4. The standard InChI is InChI=1S/2C3H7.2H2O.Zr/c2*1-3-2;;;/h2*1,3H2,2H3;2*1H2;/q;;;;+2/p-2. The van der Waals surface area contributed by atoms with E-state index in [4.69, 9.17) is 0 Å². The molecule has 0 saturated heterocycles. The Morgan fingerprint density at radius 3 is 1.44 bits per heavy atom. The van der Waals surface area contributed by atoms with Gasteiger partial charge < -0.3 is 11.0 Å². The summed E-state index contributed by atoms with van der Waals surface area (Å²) in [4.78, 5) is 0. The van der Waals surface area contributed by atoms with Gasteiger partial charge in [0.2, 0.25) is 0 Å². The van der Waals surface area contributed by atoms with Crippen molar-refractivity contribution in [1.82, 2.24) is 0 Å². The molecule has 56 valence electrons. The van der Waals surface area contributed by atoms with Crippen LogP contribution in [-0.4, -0.2) is 11.0 Å².